The molecule has 1 aliphatic rings. The lowest BCUT2D eigenvalue weighted by molar-refractivity contribution is -0.123. The molecule has 0 saturated heterocycles. The van der Waals surface area contributed by atoms with Crippen LogP contribution in [0.1, 0.15) is 52.4 Å². The maximum absolute atomic E-state index is 11.7. The van der Waals surface area contributed by atoms with Crippen molar-refractivity contribution in [3.05, 3.63) is 0 Å². The zero-order valence-electron chi connectivity index (χ0n) is 11.8. The number of carbonyl (C=O) groups is 1. The van der Waals surface area contributed by atoms with Gasteiger partial charge in [-0.15, -0.1) is 0 Å². The highest BCUT2D eigenvalue weighted by Crippen LogP contribution is 2.19. The standard InChI is InChI=1S/C14H28N2O2/c1-3-11(2)13(15)14(17)16-9-10-18-12-7-5-4-6-8-12/h11-13H,3-10,15H2,1-2H3,(H,16,17)/t11-,13-/m0/s1. The van der Waals surface area contributed by atoms with Crippen molar-refractivity contribution in [3.63, 3.8) is 0 Å². The Kier molecular flexibility index (Phi) is 7.28. The zero-order valence-corrected chi connectivity index (χ0v) is 11.8. The molecule has 0 aliphatic heterocycles. The van der Waals surface area contributed by atoms with E-state index in [1.807, 2.05) is 13.8 Å². The minimum absolute atomic E-state index is 0.0587. The minimum atomic E-state index is -0.398. The summed E-state index contributed by atoms with van der Waals surface area (Å²) in [4.78, 5) is 11.7. The Hall–Kier alpha value is -0.610. The quantitative estimate of drug-likeness (QED) is 0.683. The highest BCUT2D eigenvalue weighted by atomic mass is 16.5. The Balaban J connectivity index is 2.07. The molecule has 0 bridgehead atoms. The van der Waals surface area contributed by atoms with Crippen molar-refractivity contribution in [1.82, 2.24) is 5.32 Å². The van der Waals surface area contributed by atoms with E-state index in [0.717, 1.165) is 6.42 Å². The van der Waals surface area contributed by atoms with E-state index in [1.54, 1.807) is 0 Å². The smallest absolute Gasteiger partial charge is 0.237 e. The second-order valence-corrected chi connectivity index (χ2v) is 5.33. The first-order valence-electron chi connectivity index (χ1n) is 7.30. The fraction of sp³-hybridized carbons (Fsp3) is 0.929. The van der Waals surface area contributed by atoms with Crippen LogP contribution >= 0.6 is 0 Å². The maximum atomic E-state index is 11.7. The predicted octanol–water partition coefficient (Wildman–Crippen LogP) is 1.83. The summed E-state index contributed by atoms with van der Waals surface area (Å²) in [5.74, 6) is 0.167. The molecular weight excluding hydrogens is 228 g/mol. The molecule has 2 atom stereocenters. The molecule has 0 spiro atoms. The zero-order chi connectivity index (χ0) is 13.4. The van der Waals surface area contributed by atoms with Crippen molar-refractivity contribution >= 4 is 5.91 Å². The molecule has 0 radical (unpaired) electrons. The summed E-state index contributed by atoms with van der Waals surface area (Å²) in [6.45, 7) is 5.22. The fourth-order valence-electron chi connectivity index (χ4n) is 2.26. The van der Waals surface area contributed by atoms with E-state index >= 15 is 0 Å². The van der Waals surface area contributed by atoms with Gasteiger partial charge in [-0.3, -0.25) is 4.79 Å². The van der Waals surface area contributed by atoms with Crippen LogP contribution in [0.5, 0.6) is 0 Å². The van der Waals surface area contributed by atoms with Crippen molar-refractivity contribution < 1.29 is 9.53 Å². The molecule has 0 unspecified atom stereocenters. The third-order valence-electron chi connectivity index (χ3n) is 3.87. The van der Waals surface area contributed by atoms with Gasteiger partial charge in [-0.25, -0.2) is 0 Å². The van der Waals surface area contributed by atoms with Crippen molar-refractivity contribution in [1.29, 1.82) is 0 Å². The molecule has 1 saturated carbocycles. The van der Waals surface area contributed by atoms with Crippen LogP contribution < -0.4 is 11.1 Å². The van der Waals surface area contributed by atoms with Crippen LogP contribution in [0.2, 0.25) is 0 Å². The fourth-order valence-corrected chi connectivity index (χ4v) is 2.26. The van der Waals surface area contributed by atoms with Crippen LogP contribution in [-0.4, -0.2) is 31.2 Å². The number of hydrogen-bond acceptors (Lipinski definition) is 3. The summed E-state index contributed by atoms with van der Waals surface area (Å²) in [5.41, 5.74) is 5.84. The van der Waals surface area contributed by atoms with Gasteiger partial charge in [-0.05, 0) is 18.8 Å². The summed E-state index contributed by atoms with van der Waals surface area (Å²) >= 11 is 0. The lowest BCUT2D eigenvalue weighted by Crippen LogP contribution is -2.45. The van der Waals surface area contributed by atoms with Crippen molar-refractivity contribution in [3.8, 4) is 0 Å². The molecular formula is C14H28N2O2. The SMILES string of the molecule is CC[C@H](C)[C@H](N)C(=O)NCCOC1CCCCC1. The van der Waals surface area contributed by atoms with Crippen LogP contribution in [-0.2, 0) is 9.53 Å². The van der Waals surface area contributed by atoms with Crippen LogP contribution in [0.4, 0.5) is 0 Å². The van der Waals surface area contributed by atoms with Gasteiger partial charge in [0.15, 0.2) is 0 Å². The van der Waals surface area contributed by atoms with Gasteiger partial charge in [0.2, 0.25) is 5.91 Å². The Morgan fingerprint density at radius 3 is 2.67 bits per heavy atom. The summed E-state index contributed by atoms with van der Waals surface area (Å²) in [5, 5.41) is 2.85. The molecule has 18 heavy (non-hydrogen) atoms. The van der Waals surface area contributed by atoms with E-state index in [-0.39, 0.29) is 11.8 Å². The second kappa shape index (κ2) is 8.48. The number of ether oxygens (including phenoxy) is 1. The number of rotatable bonds is 7. The maximum Gasteiger partial charge on any atom is 0.237 e. The van der Waals surface area contributed by atoms with Crippen LogP contribution in [0, 0.1) is 5.92 Å². The van der Waals surface area contributed by atoms with E-state index < -0.39 is 6.04 Å². The van der Waals surface area contributed by atoms with E-state index in [4.69, 9.17) is 10.5 Å². The van der Waals surface area contributed by atoms with Crippen LogP contribution in [0.15, 0.2) is 0 Å². The average molecular weight is 256 g/mol. The molecule has 1 fully saturated rings. The first-order valence-corrected chi connectivity index (χ1v) is 7.30. The van der Waals surface area contributed by atoms with Crippen LogP contribution in [0.25, 0.3) is 0 Å². The summed E-state index contributed by atoms with van der Waals surface area (Å²) in [6.07, 6.45) is 7.54. The molecule has 1 rings (SSSR count). The molecule has 0 aromatic rings. The minimum Gasteiger partial charge on any atom is -0.376 e. The van der Waals surface area contributed by atoms with E-state index in [2.05, 4.69) is 5.32 Å². The van der Waals surface area contributed by atoms with Gasteiger partial charge in [0.05, 0.1) is 18.8 Å². The van der Waals surface area contributed by atoms with E-state index in [1.165, 1.54) is 32.1 Å². The first kappa shape index (κ1) is 15.4. The van der Waals surface area contributed by atoms with Crippen LogP contribution in [0.3, 0.4) is 0 Å². The molecule has 106 valence electrons. The molecule has 1 amide bonds. The third-order valence-corrected chi connectivity index (χ3v) is 3.87. The van der Waals surface area contributed by atoms with Gasteiger partial charge >= 0.3 is 0 Å². The molecule has 1 aliphatic carbocycles. The third kappa shape index (κ3) is 5.36. The van der Waals surface area contributed by atoms with E-state index in [0.29, 0.717) is 19.3 Å². The molecule has 3 N–H and O–H groups in total. The average Bonchev–Trinajstić information content (AvgIpc) is 2.42. The highest BCUT2D eigenvalue weighted by molar-refractivity contribution is 5.81. The second-order valence-electron chi connectivity index (χ2n) is 5.33. The molecule has 4 heteroatoms. The molecule has 0 heterocycles. The largest absolute Gasteiger partial charge is 0.376 e. The Bertz CT molecular complexity index is 240. The molecule has 4 nitrogen and oxygen atoms in total. The number of nitrogens with two attached hydrogens (primary N) is 1. The summed E-state index contributed by atoms with van der Waals surface area (Å²) < 4.78 is 5.74. The lowest BCUT2D eigenvalue weighted by atomic mass is 9.98. The number of amides is 1. The van der Waals surface area contributed by atoms with Gasteiger partial charge in [-0.2, -0.15) is 0 Å². The Morgan fingerprint density at radius 1 is 1.39 bits per heavy atom. The Morgan fingerprint density at radius 2 is 2.06 bits per heavy atom. The van der Waals surface area contributed by atoms with Gasteiger partial charge in [0.25, 0.3) is 0 Å². The Labute approximate surface area is 111 Å². The summed E-state index contributed by atoms with van der Waals surface area (Å²) in [6, 6.07) is -0.398. The lowest BCUT2D eigenvalue weighted by Gasteiger charge is -2.22. The van der Waals surface area contributed by atoms with Crippen molar-refractivity contribution in [2.45, 2.75) is 64.5 Å². The first-order chi connectivity index (χ1) is 8.65. The summed E-state index contributed by atoms with van der Waals surface area (Å²) in [7, 11) is 0. The van der Waals surface area contributed by atoms with Crippen molar-refractivity contribution in [2.24, 2.45) is 11.7 Å². The normalized spacial score (nSPS) is 20.4. The monoisotopic (exact) mass is 256 g/mol. The van der Waals surface area contributed by atoms with Gasteiger partial charge < -0.3 is 15.8 Å². The topological polar surface area (TPSA) is 64.4 Å². The van der Waals surface area contributed by atoms with Gasteiger partial charge in [-0.1, -0.05) is 39.5 Å². The van der Waals surface area contributed by atoms with E-state index in [9.17, 15) is 4.79 Å². The number of carbonyl (C=O) groups excluding carboxylic acids is 1. The predicted molar refractivity (Wildman–Crippen MR) is 73.3 cm³/mol. The molecule has 0 aromatic carbocycles. The molecule has 0 aromatic heterocycles. The van der Waals surface area contributed by atoms with Gasteiger partial charge in [0, 0.05) is 6.54 Å². The number of hydrogen-bond donors (Lipinski definition) is 2. The number of nitrogens with one attached hydrogen (secondary N) is 1. The van der Waals surface area contributed by atoms with Crippen molar-refractivity contribution in [2.75, 3.05) is 13.2 Å². The van der Waals surface area contributed by atoms with Gasteiger partial charge in [0.1, 0.15) is 0 Å². The highest BCUT2D eigenvalue weighted by Gasteiger charge is 2.19.